The molecule has 4 heteroatoms. The van der Waals surface area contributed by atoms with Gasteiger partial charge in [0.25, 0.3) is 0 Å². The molecule has 0 aromatic heterocycles. The molecule has 1 fully saturated rings. The van der Waals surface area contributed by atoms with E-state index in [4.69, 9.17) is 0 Å². The topological polar surface area (TPSA) is 12.0 Å². The monoisotopic (exact) mass is 189 g/mol. The van der Waals surface area contributed by atoms with Gasteiger partial charge in [0.2, 0.25) is 0 Å². The molecule has 1 aliphatic heterocycles. The number of allylic oxidation sites excluding steroid dienone is 4. The molecule has 1 atom stereocenters. The van der Waals surface area contributed by atoms with E-state index in [1.807, 2.05) is 0 Å². The number of rotatable bonds is 0. The van der Waals surface area contributed by atoms with E-state index < -0.39 is 11.6 Å². The Hall–Kier alpha value is -0.930. The summed E-state index contributed by atoms with van der Waals surface area (Å²) in [4.78, 5) is 0. The van der Waals surface area contributed by atoms with E-state index in [1.165, 1.54) is 6.08 Å². The predicted octanol–water partition coefficient (Wildman–Crippen LogP) is 2.37. The Morgan fingerprint density at radius 2 is 2.15 bits per heavy atom. The molecule has 1 aliphatic carbocycles. The van der Waals surface area contributed by atoms with E-state index in [2.05, 4.69) is 5.32 Å². The minimum Gasteiger partial charge on any atom is -0.388 e. The third-order valence-corrected chi connectivity index (χ3v) is 2.79. The molecule has 0 amide bonds. The number of fused-ring (bicyclic) bond motifs is 1. The second-order valence-corrected chi connectivity index (χ2v) is 3.47. The van der Waals surface area contributed by atoms with Gasteiger partial charge < -0.3 is 5.32 Å². The number of nitrogens with one attached hydrogen (secondary N) is 1. The Morgan fingerprint density at radius 3 is 2.77 bits per heavy atom. The minimum atomic E-state index is -4.13. The van der Waals surface area contributed by atoms with Gasteiger partial charge in [0, 0.05) is 12.2 Å². The summed E-state index contributed by atoms with van der Waals surface area (Å²) >= 11 is 0. The maximum absolute atomic E-state index is 12.8. The third kappa shape index (κ3) is 1.08. The van der Waals surface area contributed by atoms with Gasteiger partial charge in [-0.1, -0.05) is 12.2 Å². The molecule has 72 valence electrons. The highest BCUT2D eigenvalue weighted by atomic mass is 19.4. The second-order valence-electron chi connectivity index (χ2n) is 3.47. The van der Waals surface area contributed by atoms with Crippen LogP contribution >= 0.6 is 0 Å². The van der Waals surface area contributed by atoms with Crippen molar-refractivity contribution < 1.29 is 13.2 Å². The highest BCUT2D eigenvalue weighted by Gasteiger charge is 2.58. The van der Waals surface area contributed by atoms with E-state index in [9.17, 15) is 13.2 Å². The Labute approximate surface area is 74.3 Å². The van der Waals surface area contributed by atoms with Gasteiger partial charge in [-0.05, 0) is 18.9 Å². The van der Waals surface area contributed by atoms with Crippen molar-refractivity contribution in [1.82, 2.24) is 5.32 Å². The normalized spacial score (nSPS) is 32.4. The first-order valence-corrected chi connectivity index (χ1v) is 4.24. The number of hydrogen-bond donors (Lipinski definition) is 1. The largest absolute Gasteiger partial charge is 0.400 e. The van der Waals surface area contributed by atoms with Crippen LogP contribution in [-0.4, -0.2) is 12.7 Å². The van der Waals surface area contributed by atoms with Gasteiger partial charge in [0.05, 0.1) is 0 Å². The maximum Gasteiger partial charge on any atom is 0.400 e. The summed E-state index contributed by atoms with van der Waals surface area (Å²) in [7, 11) is 0. The summed E-state index contributed by atoms with van der Waals surface area (Å²) in [6.07, 6.45) is 0.903. The standard InChI is InChI=1S/C9H10F3N/c10-9(11,12)8-4-2-1-3-7(8)13-6-5-8/h1-3,13H,4-6H2. The molecule has 1 unspecified atom stereocenters. The molecule has 0 saturated carbocycles. The molecule has 0 bridgehead atoms. The lowest BCUT2D eigenvalue weighted by molar-refractivity contribution is -0.207. The molecular weight excluding hydrogens is 179 g/mol. The first kappa shape index (κ1) is 8.66. The Kier molecular flexibility index (Phi) is 1.68. The maximum atomic E-state index is 12.8. The highest BCUT2D eigenvalue weighted by Crippen LogP contribution is 2.52. The van der Waals surface area contributed by atoms with Crippen molar-refractivity contribution in [1.29, 1.82) is 0 Å². The van der Waals surface area contributed by atoms with E-state index in [0.29, 0.717) is 12.2 Å². The van der Waals surface area contributed by atoms with Crippen molar-refractivity contribution in [2.24, 2.45) is 5.41 Å². The summed E-state index contributed by atoms with van der Waals surface area (Å²) in [5.41, 5.74) is -1.27. The summed E-state index contributed by atoms with van der Waals surface area (Å²) in [5, 5.41) is 2.80. The van der Waals surface area contributed by atoms with Crippen LogP contribution in [-0.2, 0) is 0 Å². The van der Waals surface area contributed by atoms with Gasteiger partial charge >= 0.3 is 6.18 Å². The quantitative estimate of drug-likeness (QED) is 0.616. The first-order valence-electron chi connectivity index (χ1n) is 4.24. The van der Waals surface area contributed by atoms with Gasteiger partial charge in [-0.25, -0.2) is 0 Å². The SMILES string of the molecule is FC(F)(F)C12CC=CC=C1NCC2. The zero-order valence-corrected chi connectivity index (χ0v) is 6.99. The summed E-state index contributed by atoms with van der Waals surface area (Å²) in [6.45, 7) is 0.424. The fourth-order valence-electron chi connectivity index (χ4n) is 1.99. The van der Waals surface area contributed by atoms with Gasteiger partial charge in [0.1, 0.15) is 5.41 Å². The lowest BCUT2D eigenvalue weighted by Gasteiger charge is -2.32. The first-order chi connectivity index (χ1) is 6.06. The fourth-order valence-corrected chi connectivity index (χ4v) is 1.99. The third-order valence-electron chi connectivity index (χ3n) is 2.79. The van der Waals surface area contributed by atoms with Crippen LogP contribution in [0.3, 0.4) is 0 Å². The number of alkyl halides is 3. The van der Waals surface area contributed by atoms with Crippen molar-refractivity contribution in [3.8, 4) is 0 Å². The van der Waals surface area contributed by atoms with E-state index in [0.717, 1.165) is 0 Å². The van der Waals surface area contributed by atoms with E-state index in [1.54, 1.807) is 12.2 Å². The van der Waals surface area contributed by atoms with Gasteiger partial charge in [-0.3, -0.25) is 0 Å². The summed E-state index contributed by atoms with van der Waals surface area (Å²) in [6, 6.07) is 0. The van der Waals surface area contributed by atoms with Crippen molar-refractivity contribution in [2.75, 3.05) is 6.54 Å². The average Bonchev–Trinajstić information content (AvgIpc) is 2.46. The second kappa shape index (κ2) is 2.53. The van der Waals surface area contributed by atoms with Crippen LogP contribution in [0, 0.1) is 5.41 Å². The Balaban J connectivity index is 2.41. The lowest BCUT2D eigenvalue weighted by Crippen LogP contribution is -2.38. The lowest BCUT2D eigenvalue weighted by atomic mass is 9.77. The predicted molar refractivity (Wildman–Crippen MR) is 42.9 cm³/mol. The van der Waals surface area contributed by atoms with Crippen LogP contribution < -0.4 is 5.32 Å². The zero-order chi connectivity index (χ0) is 9.53. The molecule has 1 heterocycles. The minimum absolute atomic E-state index is 0.0787. The zero-order valence-electron chi connectivity index (χ0n) is 6.99. The highest BCUT2D eigenvalue weighted by molar-refractivity contribution is 5.30. The van der Waals surface area contributed by atoms with Crippen molar-refractivity contribution in [3.63, 3.8) is 0 Å². The van der Waals surface area contributed by atoms with E-state index >= 15 is 0 Å². The average molecular weight is 189 g/mol. The van der Waals surface area contributed by atoms with Crippen LogP contribution in [0.25, 0.3) is 0 Å². The molecule has 1 nitrogen and oxygen atoms in total. The number of hydrogen-bond acceptors (Lipinski definition) is 1. The Bertz CT molecular complexity index is 277. The molecule has 2 rings (SSSR count). The fraction of sp³-hybridized carbons (Fsp3) is 0.556. The molecule has 1 saturated heterocycles. The van der Waals surface area contributed by atoms with Crippen LogP contribution in [0.5, 0.6) is 0 Å². The summed E-state index contributed by atoms with van der Waals surface area (Å²) in [5.74, 6) is 0. The van der Waals surface area contributed by atoms with Crippen molar-refractivity contribution in [2.45, 2.75) is 19.0 Å². The van der Waals surface area contributed by atoms with Crippen molar-refractivity contribution >= 4 is 0 Å². The molecule has 0 aromatic carbocycles. The molecule has 0 radical (unpaired) electrons. The molecule has 2 aliphatic rings. The van der Waals surface area contributed by atoms with Gasteiger partial charge in [-0.15, -0.1) is 0 Å². The summed E-state index contributed by atoms with van der Waals surface area (Å²) < 4.78 is 38.3. The van der Waals surface area contributed by atoms with Gasteiger partial charge in [0.15, 0.2) is 0 Å². The molecule has 13 heavy (non-hydrogen) atoms. The van der Waals surface area contributed by atoms with E-state index in [-0.39, 0.29) is 12.8 Å². The van der Waals surface area contributed by atoms with Crippen LogP contribution in [0.4, 0.5) is 13.2 Å². The van der Waals surface area contributed by atoms with Crippen molar-refractivity contribution in [3.05, 3.63) is 23.9 Å². The van der Waals surface area contributed by atoms with Crippen LogP contribution in [0.2, 0.25) is 0 Å². The van der Waals surface area contributed by atoms with Crippen LogP contribution in [0.1, 0.15) is 12.8 Å². The van der Waals surface area contributed by atoms with Crippen LogP contribution in [0.15, 0.2) is 23.9 Å². The Morgan fingerprint density at radius 1 is 1.38 bits per heavy atom. The molecular formula is C9H10F3N. The molecule has 1 N–H and O–H groups in total. The smallest absolute Gasteiger partial charge is 0.388 e. The number of halogens is 3. The molecule has 0 spiro atoms. The molecule has 0 aromatic rings. The van der Waals surface area contributed by atoms with Gasteiger partial charge in [-0.2, -0.15) is 13.2 Å².